The average molecular weight is 162 g/mol. The fourth-order valence-corrected chi connectivity index (χ4v) is 0.603. The minimum Gasteiger partial charge on any atom is -0.480 e. The highest BCUT2D eigenvalue weighted by Gasteiger charge is 2.25. The highest BCUT2D eigenvalue weighted by atomic mass is 16.7. The second-order valence-electron chi connectivity index (χ2n) is 2.45. The van der Waals surface area contributed by atoms with Crippen molar-refractivity contribution >= 4 is 5.97 Å². The lowest BCUT2D eigenvalue weighted by molar-refractivity contribution is -0.550. The van der Waals surface area contributed by atoms with Crippen molar-refractivity contribution < 1.29 is 14.9 Å². The van der Waals surface area contributed by atoms with Crippen molar-refractivity contribution in [1.29, 1.82) is 0 Å². The van der Waals surface area contributed by atoms with Gasteiger partial charge in [-0.1, -0.05) is 13.8 Å². The molecule has 0 aromatic heterocycles. The topological polar surface area (TPSA) is 92.5 Å². The van der Waals surface area contributed by atoms with Gasteiger partial charge in [0.05, 0.1) is 0 Å². The van der Waals surface area contributed by atoms with Gasteiger partial charge in [-0.25, -0.2) is 14.9 Å². The second kappa shape index (κ2) is 3.75. The smallest absolute Gasteiger partial charge is 0.332 e. The first-order chi connectivity index (χ1) is 4.95. The number of carbonyl (C=O) groups is 1. The predicted octanol–water partition coefficient (Wildman–Crippen LogP) is -0.123. The van der Waals surface area contributed by atoms with Gasteiger partial charge >= 0.3 is 5.97 Å². The minimum absolute atomic E-state index is 0.308. The zero-order valence-electron chi connectivity index (χ0n) is 6.27. The molecule has 0 heterocycles. The summed E-state index contributed by atoms with van der Waals surface area (Å²) in [6.07, 6.45) is 0. The summed E-state index contributed by atoms with van der Waals surface area (Å²) in [7, 11) is 0. The van der Waals surface area contributed by atoms with Crippen molar-refractivity contribution in [3.8, 4) is 0 Å². The van der Waals surface area contributed by atoms with Crippen molar-refractivity contribution in [3.05, 3.63) is 10.1 Å². The summed E-state index contributed by atoms with van der Waals surface area (Å²) in [5.41, 5.74) is 1.70. The first-order valence-electron chi connectivity index (χ1n) is 3.08. The molecule has 0 fully saturated rings. The number of carboxylic acids is 1. The van der Waals surface area contributed by atoms with Gasteiger partial charge < -0.3 is 5.11 Å². The molecule has 2 N–H and O–H groups in total. The summed E-state index contributed by atoms with van der Waals surface area (Å²) < 4.78 is 0. The average Bonchev–Trinajstić information content (AvgIpc) is 1.81. The maximum atomic E-state index is 10.3. The first kappa shape index (κ1) is 9.67. The van der Waals surface area contributed by atoms with Crippen LogP contribution in [-0.2, 0) is 4.79 Å². The van der Waals surface area contributed by atoms with Crippen molar-refractivity contribution in [2.75, 3.05) is 0 Å². The number of nitro groups is 1. The Kier molecular flexibility index (Phi) is 3.29. The molecule has 0 unspecified atom stereocenters. The van der Waals surface area contributed by atoms with Gasteiger partial charge in [0.2, 0.25) is 0 Å². The summed E-state index contributed by atoms with van der Waals surface area (Å²) >= 11 is 0. The Morgan fingerprint density at radius 2 is 2.09 bits per heavy atom. The predicted molar refractivity (Wildman–Crippen MR) is 36.4 cm³/mol. The number of nitrogens with zero attached hydrogens (tertiary/aromatic N) is 1. The molecule has 0 saturated heterocycles. The van der Waals surface area contributed by atoms with E-state index in [2.05, 4.69) is 0 Å². The van der Waals surface area contributed by atoms with E-state index in [1.165, 1.54) is 0 Å². The van der Waals surface area contributed by atoms with Crippen LogP contribution in [0.3, 0.4) is 0 Å². The summed E-state index contributed by atoms with van der Waals surface area (Å²) in [4.78, 5) is 20.2. The van der Waals surface area contributed by atoms with E-state index in [1.54, 1.807) is 19.3 Å². The molecule has 0 amide bonds. The van der Waals surface area contributed by atoms with Crippen molar-refractivity contribution in [2.24, 2.45) is 5.92 Å². The third-order valence-electron chi connectivity index (χ3n) is 1.18. The number of carboxylic acid groups (broad SMARTS) is 1. The molecular weight excluding hydrogens is 152 g/mol. The molecule has 0 spiro atoms. The van der Waals surface area contributed by atoms with Crippen LogP contribution in [0.5, 0.6) is 0 Å². The zero-order valence-corrected chi connectivity index (χ0v) is 6.27. The van der Waals surface area contributed by atoms with E-state index in [0.717, 1.165) is 0 Å². The summed E-state index contributed by atoms with van der Waals surface area (Å²) in [5.74, 6) is -1.52. The lowest BCUT2D eigenvalue weighted by atomic mass is 10.1. The SMILES string of the molecule is CC(C)[C@H](N[N+](=O)[O-])C(=O)O. The molecule has 6 heteroatoms. The number of rotatable bonds is 4. The van der Waals surface area contributed by atoms with Gasteiger partial charge in [0.1, 0.15) is 0 Å². The lowest BCUT2D eigenvalue weighted by Crippen LogP contribution is -2.43. The molecule has 0 saturated carbocycles. The van der Waals surface area contributed by atoms with Crippen LogP contribution in [0.2, 0.25) is 0 Å². The Bertz CT molecular complexity index is 168. The van der Waals surface area contributed by atoms with E-state index in [-0.39, 0.29) is 5.92 Å². The van der Waals surface area contributed by atoms with Crippen LogP contribution in [0.25, 0.3) is 0 Å². The van der Waals surface area contributed by atoms with Gasteiger partial charge in [-0.2, -0.15) is 0 Å². The molecule has 0 radical (unpaired) electrons. The monoisotopic (exact) mass is 162 g/mol. The summed E-state index contributed by atoms with van der Waals surface area (Å²) in [6.45, 7) is 3.19. The molecule has 64 valence electrons. The highest BCUT2D eigenvalue weighted by molar-refractivity contribution is 5.73. The molecule has 0 rings (SSSR count). The molecule has 6 nitrogen and oxygen atoms in total. The quantitative estimate of drug-likeness (QED) is 0.444. The number of aliphatic carboxylic acids is 1. The Balaban J connectivity index is 4.12. The molecule has 0 aliphatic rings. The van der Waals surface area contributed by atoms with E-state index in [9.17, 15) is 14.9 Å². The molecule has 0 aromatic carbocycles. The fraction of sp³-hybridized carbons (Fsp3) is 0.800. The maximum absolute atomic E-state index is 10.3. The van der Waals surface area contributed by atoms with E-state index in [1.807, 2.05) is 0 Å². The van der Waals surface area contributed by atoms with Gasteiger partial charge in [0.25, 0.3) is 0 Å². The molecular formula is C5H10N2O4. The molecule has 0 aliphatic heterocycles. The van der Waals surface area contributed by atoms with Gasteiger partial charge in [-0.05, 0) is 5.92 Å². The Morgan fingerprint density at radius 3 is 2.18 bits per heavy atom. The number of hydrogen-bond acceptors (Lipinski definition) is 3. The van der Waals surface area contributed by atoms with Crippen LogP contribution in [0, 0.1) is 16.0 Å². The molecule has 0 bridgehead atoms. The van der Waals surface area contributed by atoms with Crippen molar-refractivity contribution in [2.45, 2.75) is 19.9 Å². The van der Waals surface area contributed by atoms with Crippen LogP contribution in [0.15, 0.2) is 0 Å². The van der Waals surface area contributed by atoms with Crippen LogP contribution < -0.4 is 5.43 Å². The summed E-state index contributed by atoms with van der Waals surface area (Å²) in [5, 5.41) is 17.4. The third kappa shape index (κ3) is 3.39. The van der Waals surface area contributed by atoms with E-state index >= 15 is 0 Å². The molecule has 0 aliphatic carbocycles. The van der Waals surface area contributed by atoms with E-state index in [0.29, 0.717) is 0 Å². The van der Waals surface area contributed by atoms with Gasteiger partial charge in [0, 0.05) is 0 Å². The zero-order chi connectivity index (χ0) is 9.02. The highest BCUT2D eigenvalue weighted by Crippen LogP contribution is 2.00. The number of nitrogens with one attached hydrogen (secondary N) is 1. The largest absolute Gasteiger partial charge is 0.480 e. The third-order valence-corrected chi connectivity index (χ3v) is 1.18. The van der Waals surface area contributed by atoms with Crippen molar-refractivity contribution in [1.82, 2.24) is 5.43 Å². The molecule has 1 atom stereocenters. The van der Waals surface area contributed by atoms with E-state index < -0.39 is 17.0 Å². The second-order valence-corrected chi connectivity index (χ2v) is 2.45. The normalized spacial score (nSPS) is 12.6. The maximum Gasteiger partial charge on any atom is 0.332 e. The molecule has 11 heavy (non-hydrogen) atoms. The van der Waals surface area contributed by atoms with Crippen LogP contribution in [-0.4, -0.2) is 22.1 Å². The minimum atomic E-state index is -1.21. The van der Waals surface area contributed by atoms with Gasteiger partial charge in [-0.15, -0.1) is 5.43 Å². The molecule has 0 aromatic rings. The fourth-order valence-electron chi connectivity index (χ4n) is 0.603. The van der Waals surface area contributed by atoms with E-state index in [4.69, 9.17) is 5.11 Å². The number of hydrogen-bond donors (Lipinski definition) is 2. The Hall–Kier alpha value is -1.33. The van der Waals surface area contributed by atoms with Gasteiger partial charge in [0.15, 0.2) is 11.1 Å². The summed E-state index contributed by atoms with van der Waals surface area (Å²) in [6, 6.07) is -1.12. The standard InChI is InChI=1S/C5H10N2O4/c1-3(2)4(5(8)9)6-7(10)11/h3-4,6H,1-2H3,(H,8,9)/t4-/m0/s1. The van der Waals surface area contributed by atoms with Crippen molar-refractivity contribution in [3.63, 3.8) is 0 Å². The lowest BCUT2D eigenvalue weighted by Gasteiger charge is -2.11. The van der Waals surface area contributed by atoms with Gasteiger partial charge in [-0.3, -0.25) is 0 Å². The number of hydrazine groups is 1. The Morgan fingerprint density at radius 1 is 1.64 bits per heavy atom. The van der Waals surface area contributed by atoms with Crippen LogP contribution in [0.1, 0.15) is 13.8 Å². The van der Waals surface area contributed by atoms with Crippen LogP contribution >= 0.6 is 0 Å². The first-order valence-corrected chi connectivity index (χ1v) is 3.08. The Labute approximate surface area is 63.3 Å². The van der Waals surface area contributed by atoms with Crippen LogP contribution in [0.4, 0.5) is 0 Å².